The van der Waals surface area contributed by atoms with Gasteiger partial charge < -0.3 is 5.32 Å². The fourth-order valence-corrected chi connectivity index (χ4v) is 2.88. The lowest BCUT2D eigenvalue weighted by molar-refractivity contribution is 0.497. The summed E-state index contributed by atoms with van der Waals surface area (Å²) in [5.41, 5.74) is 4.23. The zero-order valence-corrected chi connectivity index (χ0v) is 13.1. The highest BCUT2D eigenvalue weighted by molar-refractivity contribution is 7.98. The number of aryl methyl sites for hydroxylation is 2. The Labute approximate surface area is 117 Å². The van der Waals surface area contributed by atoms with Crippen LogP contribution in [0.5, 0.6) is 0 Å². The summed E-state index contributed by atoms with van der Waals surface area (Å²) in [4.78, 5) is 0. The molecule has 2 heteroatoms. The third-order valence-electron chi connectivity index (χ3n) is 3.12. The van der Waals surface area contributed by atoms with Crippen molar-refractivity contribution in [3.63, 3.8) is 0 Å². The van der Waals surface area contributed by atoms with Gasteiger partial charge in [-0.3, -0.25) is 0 Å². The summed E-state index contributed by atoms with van der Waals surface area (Å²) < 4.78 is 0. The lowest BCUT2D eigenvalue weighted by Crippen LogP contribution is -2.32. The van der Waals surface area contributed by atoms with Gasteiger partial charge in [-0.25, -0.2) is 0 Å². The van der Waals surface area contributed by atoms with E-state index in [-0.39, 0.29) is 0 Å². The maximum atomic E-state index is 3.68. The fourth-order valence-electron chi connectivity index (χ4n) is 2.36. The van der Waals surface area contributed by atoms with Gasteiger partial charge in [-0.15, -0.1) is 0 Å². The summed E-state index contributed by atoms with van der Waals surface area (Å²) in [6.07, 6.45) is 5.81. The van der Waals surface area contributed by atoms with Gasteiger partial charge in [0.15, 0.2) is 0 Å². The first-order valence-corrected chi connectivity index (χ1v) is 8.34. The predicted molar refractivity (Wildman–Crippen MR) is 84.7 cm³/mol. The van der Waals surface area contributed by atoms with E-state index in [1.807, 2.05) is 11.8 Å². The maximum Gasteiger partial charge on any atom is 0.0115 e. The summed E-state index contributed by atoms with van der Waals surface area (Å²) in [6, 6.07) is 7.53. The van der Waals surface area contributed by atoms with Crippen LogP contribution in [0.4, 0.5) is 0 Å². The number of hydrogen-bond donors (Lipinski definition) is 1. The monoisotopic (exact) mass is 265 g/mol. The number of nitrogens with one attached hydrogen (secondary N) is 1. The highest BCUT2D eigenvalue weighted by atomic mass is 32.2. The van der Waals surface area contributed by atoms with Crippen molar-refractivity contribution in [2.75, 3.05) is 18.6 Å². The van der Waals surface area contributed by atoms with Gasteiger partial charge >= 0.3 is 0 Å². The van der Waals surface area contributed by atoms with Gasteiger partial charge in [0.25, 0.3) is 0 Å². The summed E-state index contributed by atoms with van der Waals surface area (Å²) in [5, 5.41) is 3.68. The number of hydrogen-bond acceptors (Lipinski definition) is 2. The molecular formula is C16H27NS. The zero-order chi connectivity index (χ0) is 13.4. The number of thioether (sulfide) groups is 1. The van der Waals surface area contributed by atoms with Crippen molar-refractivity contribution >= 4 is 11.8 Å². The molecule has 0 aliphatic heterocycles. The molecule has 0 aromatic heterocycles. The molecule has 0 saturated heterocycles. The first-order chi connectivity index (χ1) is 8.65. The second-order valence-electron chi connectivity index (χ2n) is 5.13. The minimum atomic E-state index is 0.624. The molecule has 1 nitrogen and oxygen atoms in total. The van der Waals surface area contributed by atoms with Crippen LogP contribution in [0.25, 0.3) is 0 Å². The number of rotatable bonds is 8. The molecule has 1 aromatic rings. The Morgan fingerprint density at radius 2 is 1.83 bits per heavy atom. The lowest BCUT2D eigenvalue weighted by Gasteiger charge is -2.19. The van der Waals surface area contributed by atoms with Gasteiger partial charge in [-0.1, -0.05) is 36.2 Å². The molecule has 0 heterocycles. The van der Waals surface area contributed by atoms with E-state index in [0.717, 1.165) is 13.0 Å². The minimum Gasteiger partial charge on any atom is -0.314 e. The van der Waals surface area contributed by atoms with E-state index in [2.05, 4.69) is 50.5 Å². The van der Waals surface area contributed by atoms with Crippen LogP contribution in [0.3, 0.4) is 0 Å². The van der Waals surface area contributed by atoms with Crippen LogP contribution in [0.15, 0.2) is 18.2 Å². The summed E-state index contributed by atoms with van der Waals surface area (Å²) in [5.74, 6) is 1.24. The molecule has 1 N–H and O–H groups in total. The molecule has 1 rings (SSSR count). The first-order valence-electron chi connectivity index (χ1n) is 6.95. The fraction of sp³-hybridized carbons (Fsp3) is 0.625. The van der Waals surface area contributed by atoms with E-state index < -0.39 is 0 Å². The molecule has 0 amide bonds. The van der Waals surface area contributed by atoms with Gasteiger partial charge in [-0.2, -0.15) is 11.8 Å². The minimum absolute atomic E-state index is 0.624. The van der Waals surface area contributed by atoms with Crippen LogP contribution in [-0.4, -0.2) is 24.6 Å². The third kappa shape index (κ3) is 5.92. The average molecular weight is 265 g/mol. The molecule has 18 heavy (non-hydrogen) atoms. The Balaban J connectivity index is 2.62. The van der Waals surface area contributed by atoms with Crippen LogP contribution in [0.2, 0.25) is 0 Å². The van der Waals surface area contributed by atoms with Crippen LogP contribution in [0.1, 0.15) is 36.5 Å². The predicted octanol–water partition coefficient (Wildman–Crippen LogP) is 3.97. The Hall–Kier alpha value is -0.470. The van der Waals surface area contributed by atoms with E-state index >= 15 is 0 Å². The Bertz CT molecular complexity index is 321. The van der Waals surface area contributed by atoms with Crippen LogP contribution in [-0.2, 0) is 6.42 Å². The van der Waals surface area contributed by atoms with Crippen molar-refractivity contribution < 1.29 is 0 Å². The Morgan fingerprint density at radius 1 is 1.17 bits per heavy atom. The molecule has 0 bridgehead atoms. The Kier molecular flexibility index (Phi) is 7.45. The average Bonchev–Trinajstić information content (AvgIpc) is 2.31. The normalized spacial score (nSPS) is 12.7. The van der Waals surface area contributed by atoms with Crippen molar-refractivity contribution in [1.29, 1.82) is 0 Å². The smallest absolute Gasteiger partial charge is 0.0115 e. The van der Waals surface area contributed by atoms with Crippen LogP contribution in [0, 0.1) is 13.8 Å². The van der Waals surface area contributed by atoms with Crippen molar-refractivity contribution in [3.8, 4) is 0 Å². The van der Waals surface area contributed by atoms with Gasteiger partial charge in [0.2, 0.25) is 0 Å². The molecule has 102 valence electrons. The van der Waals surface area contributed by atoms with Crippen molar-refractivity contribution in [2.45, 2.75) is 46.1 Å². The van der Waals surface area contributed by atoms with E-state index in [1.54, 1.807) is 0 Å². The third-order valence-corrected chi connectivity index (χ3v) is 3.76. The van der Waals surface area contributed by atoms with Crippen LogP contribution >= 0.6 is 11.8 Å². The first kappa shape index (κ1) is 15.6. The maximum absolute atomic E-state index is 3.68. The molecule has 0 aliphatic rings. The van der Waals surface area contributed by atoms with E-state index in [9.17, 15) is 0 Å². The van der Waals surface area contributed by atoms with Crippen molar-refractivity contribution in [1.82, 2.24) is 5.32 Å². The molecule has 1 unspecified atom stereocenters. The molecule has 0 spiro atoms. The zero-order valence-electron chi connectivity index (χ0n) is 12.3. The molecule has 1 atom stereocenters. The standard InChI is InChI=1S/C16H27NS/c1-5-7-17-16(6-8-18-4)12-15-10-13(2)9-14(3)11-15/h9-11,16-17H,5-8,12H2,1-4H3. The largest absolute Gasteiger partial charge is 0.314 e. The number of benzene rings is 1. The topological polar surface area (TPSA) is 12.0 Å². The van der Waals surface area contributed by atoms with Gasteiger partial charge in [0, 0.05) is 6.04 Å². The van der Waals surface area contributed by atoms with Gasteiger partial charge in [-0.05, 0) is 57.2 Å². The summed E-state index contributed by atoms with van der Waals surface area (Å²) in [7, 11) is 0. The molecule has 0 saturated carbocycles. The van der Waals surface area contributed by atoms with Crippen molar-refractivity contribution in [3.05, 3.63) is 34.9 Å². The highest BCUT2D eigenvalue weighted by Gasteiger charge is 2.09. The highest BCUT2D eigenvalue weighted by Crippen LogP contribution is 2.13. The van der Waals surface area contributed by atoms with E-state index in [4.69, 9.17) is 0 Å². The lowest BCUT2D eigenvalue weighted by atomic mass is 10.00. The van der Waals surface area contributed by atoms with E-state index in [1.165, 1.54) is 35.3 Å². The van der Waals surface area contributed by atoms with E-state index in [0.29, 0.717) is 6.04 Å². The van der Waals surface area contributed by atoms with Crippen molar-refractivity contribution in [2.24, 2.45) is 0 Å². The molecule has 0 fully saturated rings. The molecule has 0 aliphatic carbocycles. The van der Waals surface area contributed by atoms with Crippen LogP contribution < -0.4 is 5.32 Å². The quantitative estimate of drug-likeness (QED) is 0.763. The molecular weight excluding hydrogens is 238 g/mol. The Morgan fingerprint density at radius 3 is 2.39 bits per heavy atom. The summed E-state index contributed by atoms with van der Waals surface area (Å²) >= 11 is 1.94. The van der Waals surface area contributed by atoms with Gasteiger partial charge in [0.05, 0.1) is 0 Å². The summed E-state index contributed by atoms with van der Waals surface area (Å²) in [6.45, 7) is 7.74. The van der Waals surface area contributed by atoms with Gasteiger partial charge in [0.1, 0.15) is 0 Å². The molecule has 1 aromatic carbocycles. The second kappa shape index (κ2) is 8.60. The SMILES string of the molecule is CCCNC(CCSC)Cc1cc(C)cc(C)c1. The second-order valence-corrected chi connectivity index (χ2v) is 6.12. The molecule has 0 radical (unpaired) electrons.